The van der Waals surface area contributed by atoms with Crippen LogP contribution in [0.15, 0.2) is 66.9 Å². The molecular formula is C33H33F2N3O6. The molecule has 1 N–H and O–H groups in total. The molecule has 0 spiro atoms. The molecule has 0 bridgehead atoms. The molecule has 0 radical (unpaired) electrons. The quantitative estimate of drug-likeness (QED) is 0.229. The van der Waals surface area contributed by atoms with Gasteiger partial charge in [-0.15, -0.1) is 0 Å². The Bertz CT molecular complexity index is 1680. The predicted octanol–water partition coefficient (Wildman–Crippen LogP) is 5.78. The summed E-state index contributed by atoms with van der Waals surface area (Å²) < 4.78 is 52.0. The molecule has 2 aliphatic rings. The van der Waals surface area contributed by atoms with Gasteiger partial charge in [0.1, 0.15) is 17.6 Å². The van der Waals surface area contributed by atoms with E-state index in [-0.39, 0.29) is 18.5 Å². The van der Waals surface area contributed by atoms with Gasteiger partial charge in [-0.2, -0.15) is 13.9 Å². The summed E-state index contributed by atoms with van der Waals surface area (Å²) in [4.78, 5) is 25.1. The second-order valence-corrected chi connectivity index (χ2v) is 11.4. The Kier molecular flexibility index (Phi) is 8.33. The second-order valence-electron chi connectivity index (χ2n) is 11.4. The van der Waals surface area contributed by atoms with Crippen LogP contribution in [0.5, 0.6) is 11.5 Å². The van der Waals surface area contributed by atoms with E-state index in [4.69, 9.17) is 18.9 Å². The Morgan fingerprint density at radius 1 is 1.14 bits per heavy atom. The summed E-state index contributed by atoms with van der Waals surface area (Å²) >= 11 is 0. The monoisotopic (exact) mass is 605 g/mol. The van der Waals surface area contributed by atoms with Crippen LogP contribution in [0.2, 0.25) is 0 Å². The van der Waals surface area contributed by atoms with E-state index >= 15 is 0 Å². The highest BCUT2D eigenvalue weighted by Crippen LogP contribution is 2.33. The lowest BCUT2D eigenvalue weighted by Crippen LogP contribution is -2.46. The number of nitrogens with one attached hydrogen (secondary N) is 1. The molecule has 3 heterocycles. The minimum atomic E-state index is -3.55. The molecular weight excluding hydrogens is 572 g/mol. The van der Waals surface area contributed by atoms with Crippen molar-refractivity contribution in [2.75, 3.05) is 20.0 Å². The smallest absolute Gasteiger partial charge is 0.321 e. The molecule has 4 aromatic rings. The fourth-order valence-corrected chi connectivity index (χ4v) is 5.50. The van der Waals surface area contributed by atoms with Gasteiger partial charge < -0.3 is 24.3 Å². The van der Waals surface area contributed by atoms with E-state index < -0.39 is 24.0 Å². The van der Waals surface area contributed by atoms with Crippen LogP contribution in [0.1, 0.15) is 54.3 Å². The van der Waals surface area contributed by atoms with Crippen molar-refractivity contribution >= 4 is 22.6 Å². The van der Waals surface area contributed by atoms with E-state index in [1.165, 1.54) is 0 Å². The van der Waals surface area contributed by atoms with Crippen LogP contribution in [0, 0.1) is 5.92 Å². The number of benzene rings is 3. The standard InChI is InChI=1S/C33H33F2N3O6/c1-20(37-32(40)33(2,34)35)31(23-6-7-24-18-42-19-43-30(24)15-23)44-27-8-9-28-25(14-27)16-36-38(28)26-5-3-4-22(13-26)29(39)12-21-10-11-41-17-21/h3-9,13-16,20-21,31H,10-12,17-19H2,1-2H3,(H,37,40)/t20-,21+,31-/m0/s1. The number of ketones is 1. The maximum Gasteiger partial charge on any atom is 0.321 e. The van der Waals surface area contributed by atoms with Crippen LogP contribution in [-0.4, -0.2) is 53.4 Å². The topological polar surface area (TPSA) is 101 Å². The van der Waals surface area contributed by atoms with Crippen LogP contribution in [0.3, 0.4) is 0 Å². The van der Waals surface area contributed by atoms with Gasteiger partial charge in [0.2, 0.25) is 0 Å². The maximum atomic E-state index is 13.8. The Morgan fingerprint density at radius 3 is 2.80 bits per heavy atom. The zero-order valence-electron chi connectivity index (χ0n) is 24.4. The Balaban J connectivity index is 1.26. The number of ether oxygens (including phenoxy) is 4. The highest BCUT2D eigenvalue weighted by atomic mass is 19.3. The minimum Gasteiger partial charge on any atom is -0.484 e. The Hall–Kier alpha value is -4.35. The van der Waals surface area contributed by atoms with Gasteiger partial charge in [-0.25, -0.2) is 4.68 Å². The van der Waals surface area contributed by atoms with E-state index in [0.717, 1.165) is 28.6 Å². The summed E-state index contributed by atoms with van der Waals surface area (Å²) in [7, 11) is 0. The molecule has 230 valence electrons. The highest BCUT2D eigenvalue weighted by Gasteiger charge is 2.35. The van der Waals surface area contributed by atoms with Crippen LogP contribution in [0.4, 0.5) is 8.78 Å². The van der Waals surface area contributed by atoms with Crippen LogP contribution >= 0.6 is 0 Å². The van der Waals surface area contributed by atoms with Gasteiger partial charge in [0.05, 0.1) is 30.0 Å². The third-order valence-corrected chi connectivity index (χ3v) is 7.90. The van der Waals surface area contributed by atoms with Crippen LogP contribution < -0.4 is 14.8 Å². The van der Waals surface area contributed by atoms with Gasteiger partial charge in [0, 0.05) is 43.1 Å². The van der Waals surface area contributed by atoms with E-state index in [0.29, 0.717) is 55.8 Å². The van der Waals surface area contributed by atoms with E-state index in [9.17, 15) is 18.4 Å². The molecule has 1 aromatic heterocycles. The van der Waals surface area contributed by atoms with E-state index in [2.05, 4.69) is 10.4 Å². The van der Waals surface area contributed by atoms with Gasteiger partial charge in [-0.3, -0.25) is 9.59 Å². The molecule has 1 saturated heterocycles. The van der Waals surface area contributed by atoms with Crippen molar-refractivity contribution in [1.82, 2.24) is 15.1 Å². The average molecular weight is 606 g/mol. The van der Waals surface area contributed by atoms with Crippen LogP contribution in [-0.2, 0) is 20.9 Å². The van der Waals surface area contributed by atoms with Crippen molar-refractivity contribution in [3.8, 4) is 17.2 Å². The molecule has 6 rings (SSSR count). The normalized spacial score (nSPS) is 17.9. The lowest BCUT2D eigenvalue weighted by atomic mass is 9.97. The average Bonchev–Trinajstić information content (AvgIpc) is 3.69. The first-order chi connectivity index (χ1) is 21.2. The number of carbonyl (C=O) groups excluding carboxylic acids is 2. The number of nitrogens with zero attached hydrogens (tertiary/aromatic N) is 2. The molecule has 0 aliphatic carbocycles. The Morgan fingerprint density at radius 2 is 2.00 bits per heavy atom. The summed E-state index contributed by atoms with van der Waals surface area (Å²) in [6.07, 6.45) is 2.21. The van der Waals surface area contributed by atoms with Crippen LogP contribution in [0.25, 0.3) is 16.6 Å². The zero-order valence-corrected chi connectivity index (χ0v) is 24.4. The molecule has 44 heavy (non-hydrogen) atoms. The van der Waals surface area contributed by atoms with Crippen molar-refractivity contribution in [3.63, 3.8) is 0 Å². The summed E-state index contributed by atoms with van der Waals surface area (Å²) in [6.45, 7) is 3.98. The Labute approximate surface area is 253 Å². The van der Waals surface area contributed by atoms with E-state index in [1.54, 1.807) is 42.1 Å². The summed E-state index contributed by atoms with van der Waals surface area (Å²) in [5, 5.41) is 7.71. The van der Waals surface area contributed by atoms with E-state index in [1.807, 2.05) is 36.4 Å². The molecule has 0 unspecified atom stereocenters. The van der Waals surface area contributed by atoms with Gasteiger partial charge in [-0.05, 0) is 61.2 Å². The maximum absolute atomic E-state index is 13.8. The van der Waals surface area contributed by atoms with Crippen molar-refractivity contribution in [2.45, 2.75) is 51.4 Å². The molecule has 1 amide bonds. The second kappa shape index (κ2) is 12.3. The number of hydrogen-bond acceptors (Lipinski definition) is 7. The number of rotatable bonds is 10. The third kappa shape index (κ3) is 6.44. The molecule has 3 atom stereocenters. The van der Waals surface area contributed by atoms with Gasteiger partial charge in [0.15, 0.2) is 12.6 Å². The molecule has 0 saturated carbocycles. The molecule has 11 heteroatoms. The van der Waals surface area contributed by atoms with Crippen molar-refractivity contribution in [3.05, 3.63) is 83.6 Å². The number of Topliss-reactive ketones (excluding diaryl/α,β-unsaturated/α-hetero) is 1. The van der Waals surface area contributed by atoms with Crippen molar-refractivity contribution < 1.29 is 37.3 Å². The number of hydrogen-bond donors (Lipinski definition) is 1. The minimum absolute atomic E-state index is 0.0719. The number of halogens is 2. The number of amides is 1. The molecule has 3 aromatic carbocycles. The van der Waals surface area contributed by atoms with Crippen molar-refractivity contribution in [1.29, 1.82) is 0 Å². The first-order valence-corrected chi connectivity index (χ1v) is 14.5. The summed E-state index contributed by atoms with van der Waals surface area (Å²) in [5.41, 5.74) is 3.64. The fraction of sp³-hybridized carbons (Fsp3) is 0.364. The zero-order chi connectivity index (χ0) is 30.8. The molecule has 9 nitrogen and oxygen atoms in total. The third-order valence-electron chi connectivity index (χ3n) is 7.90. The van der Waals surface area contributed by atoms with Gasteiger partial charge in [-0.1, -0.05) is 24.3 Å². The molecule has 2 aliphatic heterocycles. The largest absolute Gasteiger partial charge is 0.484 e. The summed E-state index contributed by atoms with van der Waals surface area (Å²) in [6, 6.07) is 17.4. The lowest BCUT2D eigenvalue weighted by Gasteiger charge is -2.28. The first-order valence-electron chi connectivity index (χ1n) is 14.5. The first kappa shape index (κ1) is 29.7. The fourth-order valence-electron chi connectivity index (χ4n) is 5.50. The van der Waals surface area contributed by atoms with Gasteiger partial charge in [0.25, 0.3) is 5.91 Å². The number of fused-ring (bicyclic) bond motifs is 2. The van der Waals surface area contributed by atoms with Gasteiger partial charge >= 0.3 is 5.92 Å². The molecule has 1 fully saturated rings. The SMILES string of the molecule is C[C@H](NC(=O)C(C)(F)F)[C@H](Oc1ccc2c(cnn2-c2cccc(C(=O)C[C@H]3CCOC3)c2)c1)c1ccc2c(c1)OCOC2. The number of aromatic nitrogens is 2. The highest BCUT2D eigenvalue weighted by molar-refractivity contribution is 5.97. The summed E-state index contributed by atoms with van der Waals surface area (Å²) in [5.74, 6) is -3.56. The number of alkyl halides is 2. The lowest BCUT2D eigenvalue weighted by molar-refractivity contribution is -0.144. The van der Waals surface area contributed by atoms with Crippen molar-refractivity contribution in [2.24, 2.45) is 5.92 Å². The number of carbonyl (C=O) groups is 2. The predicted molar refractivity (Wildman–Crippen MR) is 157 cm³/mol.